The summed E-state index contributed by atoms with van der Waals surface area (Å²) in [6.07, 6.45) is 0. The lowest BCUT2D eigenvalue weighted by molar-refractivity contribution is -0.0164. The number of aromatic nitrogens is 1. The van der Waals surface area contributed by atoms with E-state index in [1.165, 1.54) is 0 Å². The zero-order valence-electron chi connectivity index (χ0n) is 11.7. The molecular weight excluding hydrogens is 242 g/mol. The molecule has 2 N–H and O–H groups in total. The third-order valence-corrected chi connectivity index (χ3v) is 3.21. The Bertz CT molecular complexity index is 403. The molecule has 1 aliphatic heterocycles. The highest BCUT2D eigenvalue weighted by molar-refractivity contribution is 5.35. The second kappa shape index (κ2) is 6.32. The molecule has 0 aliphatic carbocycles. The number of rotatable bonds is 5. The lowest BCUT2D eigenvalue weighted by Gasteiger charge is -2.34. The van der Waals surface area contributed by atoms with Gasteiger partial charge < -0.3 is 15.2 Å². The fourth-order valence-corrected chi connectivity index (χ4v) is 2.22. The maximum atomic E-state index is 10.4. The van der Waals surface area contributed by atoms with Gasteiger partial charge in [-0.05, 0) is 26.0 Å². The highest BCUT2D eigenvalue weighted by atomic mass is 16.5. The first-order valence-corrected chi connectivity index (χ1v) is 6.75. The van der Waals surface area contributed by atoms with Crippen LogP contribution in [0.2, 0.25) is 0 Å². The average Bonchev–Trinajstić information content (AvgIpc) is 2.37. The van der Waals surface area contributed by atoms with Crippen LogP contribution in [0.5, 0.6) is 0 Å². The Labute approximate surface area is 114 Å². The second-order valence-corrected chi connectivity index (χ2v) is 5.40. The van der Waals surface area contributed by atoms with Gasteiger partial charge in [0, 0.05) is 31.9 Å². The Morgan fingerprint density at radius 1 is 1.42 bits per heavy atom. The van der Waals surface area contributed by atoms with E-state index in [2.05, 4.69) is 15.2 Å². The Morgan fingerprint density at radius 3 is 2.84 bits per heavy atom. The Balaban J connectivity index is 1.82. The molecule has 0 saturated carbocycles. The molecule has 0 unspecified atom stereocenters. The molecule has 0 radical (unpaired) electrons. The van der Waals surface area contributed by atoms with E-state index in [1.807, 2.05) is 32.0 Å². The van der Waals surface area contributed by atoms with Crippen LogP contribution in [-0.2, 0) is 4.74 Å². The van der Waals surface area contributed by atoms with Gasteiger partial charge in [0.25, 0.3) is 0 Å². The minimum Gasteiger partial charge on any atom is -0.387 e. The van der Waals surface area contributed by atoms with Crippen LogP contribution >= 0.6 is 0 Å². The molecule has 5 heteroatoms. The summed E-state index contributed by atoms with van der Waals surface area (Å²) in [5, 5.41) is 13.6. The molecule has 1 aliphatic rings. The first-order valence-electron chi connectivity index (χ1n) is 6.75. The zero-order valence-corrected chi connectivity index (χ0v) is 11.7. The summed E-state index contributed by atoms with van der Waals surface area (Å²) in [7, 11) is 0. The predicted octanol–water partition coefficient (Wildman–Crippen LogP) is 0.885. The molecule has 1 atom stereocenters. The fraction of sp³-hybridized carbons (Fsp3) is 0.643. The summed E-state index contributed by atoms with van der Waals surface area (Å²) in [6, 6.07) is 5.83. The van der Waals surface area contributed by atoms with Gasteiger partial charge in [-0.25, -0.2) is 4.98 Å². The number of aliphatic hydroxyl groups is 1. The molecule has 0 spiro atoms. The average molecular weight is 265 g/mol. The molecule has 2 heterocycles. The van der Waals surface area contributed by atoms with E-state index in [0.29, 0.717) is 13.1 Å². The second-order valence-electron chi connectivity index (χ2n) is 5.40. The van der Waals surface area contributed by atoms with Gasteiger partial charge in [-0.1, -0.05) is 6.07 Å². The SMILES string of the molecule is Cc1cccc(NC[C@](C)(O)CN2CCOCC2)n1. The van der Waals surface area contributed by atoms with Gasteiger partial charge in [0.05, 0.1) is 18.8 Å². The third kappa shape index (κ3) is 4.78. The monoisotopic (exact) mass is 265 g/mol. The summed E-state index contributed by atoms with van der Waals surface area (Å²) < 4.78 is 5.31. The van der Waals surface area contributed by atoms with Gasteiger partial charge in [0.1, 0.15) is 5.82 Å². The number of β-amino-alcohol motifs (C(OH)–C–C–N with tert-alkyl or cyclic N) is 1. The van der Waals surface area contributed by atoms with E-state index in [-0.39, 0.29) is 0 Å². The molecule has 0 amide bonds. The maximum absolute atomic E-state index is 10.4. The third-order valence-electron chi connectivity index (χ3n) is 3.21. The standard InChI is InChI=1S/C14H23N3O2/c1-12-4-3-5-13(16-12)15-10-14(2,18)11-17-6-8-19-9-7-17/h3-5,18H,6-11H2,1-2H3,(H,15,16)/t14-/m0/s1. The predicted molar refractivity (Wildman–Crippen MR) is 75.3 cm³/mol. The van der Waals surface area contributed by atoms with Crippen molar-refractivity contribution in [3.63, 3.8) is 0 Å². The molecule has 106 valence electrons. The minimum absolute atomic E-state index is 0.487. The zero-order chi connectivity index (χ0) is 13.7. The van der Waals surface area contributed by atoms with Crippen molar-refractivity contribution in [2.45, 2.75) is 19.4 Å². The molecular formula is C14H23N3O2. The van der Waals surface area contributed by atoms with Crippen molar-refractivity contribution in [2.75, 3.05) is 44.7 Å². The quantitative estimate of drug-likeness (QED) is 0.828. The molecule has 1 fully saturated rings. The van der Waals surface area contributed by atoms with Gasteiger partial charge in [0.2, 0.25) is 0 Å². The van der Waals surface area contributed by atoms with Crippen molar-refractivity contribution in [3.8, 4) is 0 Å². The first-order chi connectivity index (χ1) is 9.05. The van der Waals surface area contributed by atoms with Crippen LogP contribution in [0, 0.1) is 6.92 Å². The van der Waals surface area contributed by atoms with Crippen LogP contribution in [0.25, 0.3) is 0 Å². The highest BCUT2D eigenvalue weighted by Gasteiger charge is 2.25. The molecule has 0 aromatic carbocycles. The molecule has 1 aromatic rings. The van der Waals surface area contributed by atoms with Crippen LogP contribution < -0.4 is 5.32 Å². The lowest BCUT2D eigenvalue weighted by Crippen LogP contribution is -2.49. The maximum Gasteiger partial charge on any atom is 0.126 e. The summed E-state index contributed by atoms with van der Waals surface area (Å²) in [5.74, 6) is 0.808. The number of morpholine rings is 1. The number of aryl methyl sites for hydroxylation is 1. The first kappa shape index (κ1) is 14.2. The number of hydrogen-bond donors (Lipinski definition) is 2. The van der Waals surface area contributed by atoms with Crippen LogP contribution in [-0.4, -0.2) is 60.0 Å². The van der Waals surface area contributed by atoms with E-state index in [0.717, 1.165) is 37.8 Å². The minimum atomic E-state index is -0.775. The fourth-order valence-electron chi connectivity index (χ4n) is 2.22. The van der Waals surface area contributed by atoms with Crippen molar-refractivity contribution in [2.24, 2.45) is 0 Å². The smallest absolute Gasteiger partial charge is 0.126 e. The number of nitrogens with zero attached hydrogens (tertiary/aromatic N) is 2. The van der Waals surface area contributed by atoms with Crippen molar-refractivity contribution >= 4 is 5.82 Å². The van der Waals surface area contributed by atoms with E-state index in [9.17, 15) is 5.11 Å². The highest BCUT2D eigenvalue weighted by Crippen LogP contribution is 2.11. The Kier molecular flexibility index (Phi) is 4.74. The molecule has 5 nitrogen and oxygen atoms in total. The van der Waals surface area contributed by atoms with Crippen molar-refractivity contribution in [1.82, 2.24) is 9.88 Å². The summed E-state index contributed by atoms with van der Waals surface area (Å²) in [6.45, 7) is 8.22. The molecule has 1 aromatic heterocycles. The van der Waals surface area contributed by atoms with E-state index in [4.69, 9.17) is 4.74 Å². The number of anilines is 1. The summed E-state index contributed by atoms with van der Waals surface area (Å²) >= 11 is 0. The van der Waals surface area contributed by atoms with Crippen molar-refractivity contribution in [1.29, 1.82) is 0 Å². The summed E-state index contributed by atoms with van der Waals surface area (Å²) in [4.78, 5) is 6.60. The van der Waals surface area contributed by atoms with Gasteiger partial charge >= 0.3 is 0 Å². The van der Waals surface area contributed by atoms with E-state index < -0.39 is 5.60 Å². The van der Waals surface area contributed by atoms with Gasteiger partial charge in [0.15, 0.2) is 0 Å². The molecule has 19 heavy (non-hydrogen) atoms. The Hall–Kier alpha value is -1.17. The van der Waals surface area contributed by atoms with Crippen molar-refractivity contribution in [3.05, 3.63) is 23.9 Å². The number of pyridine rings is 1. The van der Waals surface area contributed by atoms with Crippen LogP contribution in [0.15, 0.2) is 18.2 Å². The normalized spacial score (nSPS) is 19.9. The summed E-state index contributed by atoms with van der Waals surface area (Å²) in [5.41, 5.74) is 0.195. The van der Waals surface area contributed by atoms with Gasteiger partial charge in [-0.3, -0.25) is 4.90 Å². The van der Waals surface area contributed by atoms with Gasteiger partial charge in [-0.15, -0.1) is 0 Å². The topological polar surface area (TPSA) is 57.6 Å². The van der Waals surface area contributed by atoms with Gasteiger partial charge in [-0.2, -0.15) is 0 Å². The molecule has 1 saturated heterocycles. The Morgan fingerprint density at radius 2 is 2.16 bits per heavy atom. The van der Waals surface area contributed by atoms with E-state index >= 15 is 0 Å². The number of ether oxygens (including phenoxy) is 1. The lowest BCUT2D eigenvalue weighted by atomic mass is 10.1. The van der Waals surface area contributed by atoms with Crippen LogP contribution in [0.4, 0.5) is 5.82 Å². The largest absolute Gasteiger partial charge is 0.387 e. The number of nitrogens with one attached hydrogen (secondary N) is 1. The number of hydrogen-bond acceptors (Lipinski definition) is 5. The van der Waals surface area contributed by atoms with Crippen LogP contribution in [0.3, 0.4) is 0 Å². The van der Waals surface area contributed by atoms with Crippen molar-refractivity contribution < 1.29 is 9.84 Å². The molecule has 0 bridgehead atoms. The molecule has 2 rings (SSSR count). The van der Waals surface area contributed by atoms with Crippen LogP contribution in [0.1, 0.15) is 12.6 Å². The van der Waals surface area contributed by atoms with E-state index in [1.54, 1.807) is 0 Å².